The van der Waals surface area contributed by atoms with E-state index in [2.05, 4.69) is 12.2 Å². The molecule has 2 rings (SSSR count). The van der Waals surface area contributed by atoms with Crippen molar-refractivity contribution in [2.45, 2.75) is 31.2 Å². The summed E-state index contributed by atoms with van der Waals surface area (Å²) in [4.78, 5) is 0.181. The summed E-state index contributed by atoms with van der Waals surface area (Å²) in [5, 5.41) is 2.84. The Labute approximate surface area is 120 Å². The Morgan fingerprint density at radius 1 is 1.45 bits per heavy atom. The largest absolute Gasteiger partial charge is 0.316 e. The number of nitrogens with zero attached hydrogens (tertiary/aromatic N) is 1. The second-order valence-electron chi connectivity index (χ2n) is 5.21. The van der Waals surface area contributed by atoms with Crippen LogP contribution in [0.25, 0.3) is 0 Å². The number of hydrogen-bond donors (Lipinski definition) is 1. The Morgan fingerprint density at radius 3 is 2.80 bits per heavy atom. The first kappa shape index (κ1) is 15.4. The van der Waals surface area contributed by atoms with E-state index in [1.807, 2.05) is 0 Å². The normalized spacial score (nSPS) is 20.4. The van der Waals surface area contributed by atoms with E-state index in [1.54, 1.807) is 7.05 Å². The molecule has 6 heteroatoms. The lowest BCUT2D eigenvalue weighted by Crippen LogP contribution is -2.29. The molecule has 0 amide bonds. The average Bonchev–Trinajstić information content (AvgIpc) is 2.91. The van der Waals surface area contributed by atoms with Crippen molar-refractivity contribution in [3.63, 3.8) is 0 Å². The van der Waals surface area contributed by atoms with Crippen LogP contribution < -0.4 is 5.32 Å². The van der Waals surface area contributed by atoms with E-state index in [0.717, 1.165) is 12.8 Å². The minimum absolute atomic E-state index is 0.181. The van der Waals surface area contributed by atoms with Gasteiger partial charge in [0.1, 0.15) is 5.82 Å². The number of sulfonamides is 1. The highest BCUT2D eigenvalue weighted by atomic mass is 32.2. The monoisotopic (exact) mass is 300 g/mol. The zero-order chi connectivity index (χ0) is 14.8. The van der Waals surface area contributed by atoms with Gasteiger partial charge < -0.3 is 5.32 Å². The Hall–Kier alpha value is -0.980. The van der Waals surface area contributed by atoms with Gasteiger partial charge in [-0.05, 0) is 37.6 Å². The van der Waals surface area contributed by atoms with Gasteiger partial charge in [0.15, 0.2) is 0 Å². The van der Waals surface area contributed by atoms with Crippen LogP contribution in [0, 0.1) is 11.7 Å². The van der Waals surface area contributed by atoms with Crippen LogP contribution in [0.4, 0.5) is 4.39 Å². The number of hydrogen-bond acceptors (Lipinski definition) is 3. The van der Waals surface area contributed by atoms with Crippen LogP contribution >= 0.6 is 0 Å². The van der Waals surface area contributed by atoms with Crippen molar-refractivity contribution in [2.24, 2.45) is 5.92 Å². The van der Waals surface area contributed by atoms with Gasteiger partial charge in [-0.25, -0.2) is 12.8 Å². The van der Waals surface area contributed by atoms with Crippen molar-refractivity contribution in [1.29, 1.82) is 0 Å². The molecule has 0 spiro atoms. The summed E-state index contributed by atoms with van der Waals surface area (Å²) in [6.07, 6.45) is 1.89. The SMILES string of the molecule is CCC1CCN(S(=O)(=O)c2ccc(F)c(CNC)c2)C1. The highest BCUT2D eigenvalue weighted by Crippen LogP contribution is 2.26. The van der Waals surface area contributed by atoms with Gasteiger partial charge in [-0.3, -0.25) is 0 Å². The van der Waals surface area contributed by atoms with E-state index in [4.69, 9.17) is 0 Å². The van der Waals surface area contributed by atoms with Gasteiger partial charge in [-0.15, -0.1) is 0 Å². The molecule has 0 radical (unpaired) electrons. The molecule has 1 atom stereocenters. The van der Waals surface area contributed by atoms with E-state index in [0.29, 0.717) is 31.1 Å². The summed E-state index contributed by atoms with van der Waals surface area (Å²) < 4.78 is 40.2. The highest BCUT2D eigenvalue weighted by Gasteiger charge is 2.31. The molecular formula is C14H21FN2O2S. The molecule has 1 aromatic rings. The Bertz CT molecular complexity index is 575. The summed E-state index contributed by atoms with van der Waals surface area (Å²) >= 11 is 0. The second-order valence-corrected chi connectivity index (χ2v) is 7.15. The number of benzene rings is 1. The molecule has 1 aromatic carbocycles. The molecular weight excluding hydrogens is 279 g/mol. The van der Waals surface area contributed by atoms with Gasteiger partial charge in [0.2, 0.25) is 10.0 Å². The lowest BCUT2D eigenvalue weighted by Gasteiger charge is -2.17. The van der Waals surface area contributed by atoms with Gasteiger partial charge in [0.25, 0.3) is 0 Å². The molecule has 1 aliphatic heterocycles. The van der Waals surface area contributed by atoms with E-state index >= 15 is 0 Å². The molecule has 20 heavy (non-hydrogen) atoms. The van der Waals surface area contributed by atoms with Crippen molar-refractivity contribution < 1.29 is 12.8 Å². The quantitative estimate of drug-likeness (QED) is 0.904. The van der Waals surface area contributed by atoms with Gasteiger partial charge in [0.05, 0.1) is 4.90 Å². The van der Waals surface area contributed by atoms with E-state index in [-0.39, 0.29) is 10.7 Å². The molecule has 1 N–H and O–H groups in total. The van der Waals surface area contributed by atoms with Crippen LogP contribution in [-0.4, -0.2) is 32.9 Å². The van der Waals surface area contributed by atoms with Crippen molar-refractivity contribution in [2.75, 3.05) is 20.1 Å². The van der Waals surface area contributed by atoms with E-state index in [1.165, 1.54) is 22.5 Å². The minimum Gasteiger partial charge on any atom is -0.316 e. The molecule has 0 bridgehead atoms. The summed E-state index contributed by atoms with van der Waals surface area (Å²) in [6.45, 7) is 3.51. The zero-order valence-electron chi connectivity index (χ0n) is 11.9. The summed E-state index contributed by atoms with van der Waals surface area (Å²) in [5.74, 6) is 0.0492. The van der Waals surface area contributed by atoms with Crippen LogP contribution in [-0.2, 0) is 16.6 Å². The predicted molar refractivity (Wildman–Crippen MR) is 76.3 cm³/mol. The second kappa shape index (κ2) is 6.20. The molecule has 4 nitrogen and oxygen atoms in total. The molecule has 0 saturated carbocycles. The van der Waals surface area contributed by atoms with Crippen LogP contribution in [0.2, 0.25) is 0 Å². The van der Waals surface area contributed by atoms with Crippen LogP contribution in [0.5, 0.6) is 0 Å². The molecule has 0 aromatic heterocycles. The average molecular weight is 300 g/mol. The van der Waals surface area contributed by atoms with Crippen molar-refractivity contribution in [3.05, 3.63) is 29.6 Å². The molecule has 1 aliphatic rings. The molecule has 1 fully saturated rings. The first-order chi connectivity index (χ1) is 9.48. The lowest BCUT2D eigenvalue weighted by atomic mass is 10.1. The van der Waals surface area contributed by atoms with Crippen LogP contribution in [0.1, 0.15) is 25.3 Å². The molecule has 0 aliphatic carbocycles. The molecule has 1 heterocycles. The van der Waals surface area contributed by atoms with Crippen LogP contribution in [0.15, 0.2) is 23.1 Å². The predicted octanol–water partition coefficient (Wildman–Crippen LogP) is 1.97. The number of halogens is 1. The molecule has 1 unspecified atom stereocenters. The maximum atomic E-state index is 13.6. The smallest absolute Gasteiger partial charge is 0.243 e. The zero-order valence-corrected chi connectivity index (χ0v) is 12.7. The molecule has 112 valence electrons. The van der Waals surface area contributed by atoms with E-state index < -0.39 is 10.0 Å². The maximum absolute atomic E-state index is 13.6. The maximum Gasteiger partial charge on any atom is 0.243 e. The van der Waals surface area contributed by atoms with Gasteiger partial charge in [-0.2, -0.15) is 4.31 Å². The van der Waals surface area contributed by atoms with E-state index in [9.17, 15) is 12.8 Å². The molecule has 1 saturated heterocycles. The highest BCUT2D eigenvalue weighted by molar-refractivity contribution is 7.89. The fourth-order valence-electron chi connectivity index (χ4n) is 2.54. The van der Waals surface area contributed by atoms with Gasteiger partial charge in [-0.1, -0.05) is 13.3 Å². The topological polar surface area (TPSA) is 49.4 Å². The van der Waals surface area contributed by atoms with Crippen LogP contribution in [0.3, 0.4) is 0 Å². The fraction of sp³-hybridized carbons (Fsp3) is 0.571. The minimum atomic E-state index is -3.50. The Kier molecular flexibility index (Phi) is 4.78. The first-order valence-electron chi connectivity index (χ1n) is 6.92. The lowest BCUT2D eigenvalue weighted by molar-refractivity contribution is 0.452. The Morgan fingerprint density at radius 2 is 2.20 bits per heavy atom. The van der Waals surface area contributed by atoms with Gasteiger partial charge in [0, 0.05) is 25.2 Å². The fourth-order valence-corrected chi connectivity index (χ4v) is 4.12. The summed E-state index contributed by atoms with van der Waals surface area (Å²) in [7, 11) is -1.80. The first-order valence-corrected chi connectivity index (χ1v) is 8.36. The van der Waals surface area contributed by atoms with Crippen molar-refractivity contribution >= 4 is 10.0 Å². The van der Waals surface area contributed by atoms with Crippen molar-refractivity contribution in [1.82, 2.24) is 9.62 Å². The number of rotatable bonds is 5. The third kappa shape index (κ3) is 3.02. The number of nitrogens with one attached hydrogen (secondary N) is 1. The summed E-state index contributed by atoms with van der Waals surface area (Å²) in [6, 6.07) is 4.01. The standard InChI is InChI=1S/C14H21FN2O2S/c1-3-11-6-7-17(10-11)20(18,19)13-4-5-14(15)12(8-13)9-16-2/h4-5,8,11,16H,3,6-7,9-10H2,1-2H3. The van der Waals surface area contributed by atoms with Crippen molar-refractivity contribution in [3.8, 4) is 0 Å². The third-order valence-corrected chi connectivity index (χ3v) is 5.71. The summed E-state index contributed by atoms with van der Waals surface area (Å²) in [5.41, 5.74) is 0.375. The Balaban J connectivity index is 2.28. The third-order valence-electron chi connectivity index (χ3n) is 3.85. The van der Waals surface area contributed by atoms with Gasteiger partial charge >= 0.3 is 0 Å².